The third kappa shape index (κ3) is 2.32. The summed E-state index contributed by atoms with van der Waals surface area (Å²) >= 11 is 0. The van der Waals surface area contributed by atoms with Gasteiger partial charge in [-0.15, -0.1) is 0 Å². The molecule has 4 heteroatoms. The number of amides is 1. The Balaban J connectivity index is 2.59. The minimum atomic E-state index is -0.988. The maximum atomic E-state index is 10.9. The number of aromatic nitrogens is 1. The Morgan fingerprint density at radius 1 is 1.58 bits per heavy atom. The summed E-state index contributed by atoms with van der Waals surface area (Å²) < 4.78 is 0. The first kappa shape index (κ1) is 8.67. The van der Waals surface area contributed by atoms with Gasteiger partial charge in [-0.25, -0.2) is 0 Å². The van der Waals surface area contributed by atoms with Gasteiger partial charge in [0.2, 0.25) is 0 Å². The van der Waals surface area contributed by atoms with Crippen LogP contribution in [0.25, 0.3) is 0 Å². The topological polar surface area (TPSA) is 62.2 Å². The number of rotatable bonds is 2. The van der Waals surface area contributed by atoms with E-state index in [0.29, 0.717) is 5.69 Å². The zero-order valence-corrected chi connectivity index (χ0v) is 6.69. The van der Waals surface area contributed by atoms with E-state index in [1.165, 1.54) is 6.92 Å². The van der Waals surface area contributed by atoms with E-state index in [-0.39, 0.29) is 0 Å². The molecule has 4 nitrogen and oxygen atoms in total. The van der Waals surface area contributed by atoms with Crippen LogP contribution in [0.5, 0.6) is 0 Å². The molecule has 0 aliphatic rings. The quantitative estimate of drug-likeness (QED) is 0.668. The van der Waals surface area contributed by atoms with Gasteiger partial charge in [0.15, 0.2) is 0 Å². The molecule has 1 atom stereocenters. The maximum absolute atomic E-state index is 10.9. The van der Waals surface area contributed by atoms with E-state index in [1.807, 2.05) is 0 Å². The van der Waals surface area contributed by atoms with E-state index < -0.39 is 12.0 Å². The van der Waals surface area contributed by atoms with Gasteiger partial charge in [0, 0.05) is 18.1 Å². The highest BCUT2D eigenvalue weighted by Gasteiger charge is 2.07. The monoisotopic (exact) mass is 166 g/mol. The second kappa shape index (κ2) is 3.82. The van der Waals surface area contributed by atoms with Crippen molar-refractivity contribution in [2.75, 3.05) is 5.32 Å². The predicted molar refractivity (Wildman–Crippen MR) is 44.5 cm³/mol. The second-order valence-electron chi connectivity index (χ2n) is 2.40. The number of hydrogen-bond donors (Lipinski definition) is 2. The average molecular weight is 166 g/mol. The molecule has 1 aromatic heterocycles. The number of nitrogens with zero attached hydrogens (tertiary/aromatic N) is 1. The lowest BCUT2D eigenvalue weighted by molar-refractivity contribution is -0.123. The molecule has 12 heavy (non-hydrogen) atoms. The molecule has 0 unspecified atom stereocenters. The lowest BCUT2D eigenvalue weighted by atomic mass is 10.3. The highest BCUT2D eigenvalue weighted by molar-refractivity contribution is 5.93. The molecule has 0 bridgehead atoms. The third-order valence-corrected chi connectivity index (χ3v) is 1.33. The first-order valence-electron chi connectivity index (χ1n) is 3.59. The van der Waals surface area contributed by atoms with Crippen LogP contribution in [0.1, 0.15) is 6.92 Å². The first-order valence-corrected chi connectivity index (χ1v) is 3.59. The number of nitrogens with one attached hydrogen (secondary N) is 1. The van der Waals surface area contributed by atoms with Crippen LogP contribution in [-0.4, -0.2) is 22.1 Å². The Bertz CT molecular complexity index is 259. The van der Waals surface area contributed by atoms with Gasteiger partial charge in [0.1, 0.15) is 6.10 Å². The number of hydrogen-bond acceptors (Lipinski definition) is 3. The van der Waals surface area contributed by atoms with E-state index in [1.54, 1.807) is 24.5 Å². The molecule has 0 radical (unpaired) electrons. The van der Waals surface area contributed by atoms with Gasteiger partial charge < -0.3 is 10.4 Å². The van der Waals surface area contributed by atoms with E-state index in [2.05, 4.69) is 10.3 Å². The Morgan fingerprint density at radius 3 is 2.67 bits per heavy atom. The van der Waals surface area contributed by atoms with Crippen LogP contribution in [-0.2, 0) is 4.79 Å². The molecule has 1 rings (SSSR count). The van der Waals surface area contributed by atoms with Crippen LogP contribution in [0, 0.1) is 0 Å². The van der Waals surface area contributed by atoms with Crippen LogP contribution < -0.4 is 5.32 Å². The normalized spacial score (nSPS) is 12.2. The molecule has 1 heterocycles. The number of carbonyl (C=O) groups excluding carboxylic acids is 1. The molecule has 1 amide bonds. The SMILES string of the molecule is C[C@@H](O)C(=O)Nc1ccncc1. The summed E-state index contributed by atoms with van der Waals surface area (Å²) in [6.45, 7) is 1.41. The van der Waals surface area contributed by atoms with Gasteiger partial charge in [0.05, 0.1) is 0 Å². The van der Waals surface area contributed by atoms with Crippen molar-refractivity contribution in [1.82, 2.24) is 4.98 Å². The molecule has 2 N–H and O–H groups in total. The molecular weight excluding hydrogens is 156 g/mol. The summed E-state index contributed by atoms with van der Waals surface area (Å²) in [5, 5.41) is 11.4. The Kier molecular flexibility index (Phi) is 2.76. The highest BCUT2D eigenvalue weighted by atomic mass is 16.3. The van der Waals surface area contributed by atoms with Crippen molar-refractivity contribution in [3.63, 3.8) is 0 Å². The first-order chi connectivity index (χ1) is 5.70. The van der Waals surface area contributed by atoms with Gasteiger partial charge in [0.25, 0.3) is 5.91 Å². The lowest BCUT2D eigenvalue weighted by Crippen LogP contribution is -2.24. The number of aliphatic hydroxyl groups excluding tert-OH is 1. The molecular formula is C8H10N2O2. The fourth-order valence-electron chi connectivity index (χ4n) is 0.682. The van der Waals surface area contributed by atoms with Crippen molar-refractivity contribution in [1.29, 1.82) is 0 Å². The van der Waals surface area contributed by atoms with Gasteiger partial charge in [-0.3, -0.25) is 9.78 Å². The van der Waals surface area contributed by atoms with E-state index in [9.17, 15) is 4.79 Å². The van der Waals surface area contributed by atoms with Crippen molar-refractivity contribution in [2.45, 2.75) is 13.0 Å². The van der Waals surface area contributed by atoms with Crippen molar-refractivity contribution >= 4 is 11.6 Å². The predicted octanol–water partition coefficient (Wildman–Crippen LogP) is 0.401. The summed E-state index contributed by atoms with van der Waals surface area (Å²) in [5.41, 5.74) is 0.635. The zero-order valence-electron chi connectivity index (χ0n) is 6.69. The largest absolute Gasteiger partial charge is 0.384 e. The Morgan fingerprint density at radius 2 is 2.17 bits per heavy atom. The molecule has 0 aliphatic heterocycles. The van der Waals surface area contributed by atoms with E-state index in [0.717, 1.165) is 0 Å². The molecule has 0 aromatic carbocycles. The van der Waals surface area contributed by atoms with Crippen LogP contribution in [0.15, 0.2) is 24.5 Å². The molecule has 0 saturated carbocycles. The molecule has 0 saturated heterocycles. The smallest absolute Gasteiger partial charge is 0.252 e. The zero-order chi connectivity index (χ0) is 8.97. The minimum absolute atomic E-state index is 0.416. The average Bonchev–Trinajstić information content (AvgIpc) is 2.06. The third-order valence-electron chi connectivity index (χ3n) is 1.33. The Hall–Kier alpha value is -1.42. The summed E-state index contributed by atoms with van der Waals surface area (Å²) in [6, 6.07) is 3.31. The van der Waals surface area contributed by atoms with Gasteiger partial charge in [-0.05, 0) is 19.1 Å². The van der Waals surface area contributed by atoms with Crippen LogP contribution in [0.2, 0.25) is 0 Å². The van der Waals surface area contributed by atoms with Crippen LogP contribution in [0.3, 0.4) is 0 Å². The number of aliphatic hydroxyl groups is 1. The molecule has 0 spiro atoms. The van der Waals surface area contributed by atoms with Crippen molar-refractivity contribution in [2.24, 2.45) is 0 Å². The van der Waals surface area contributed by atoms with E-state index in [4.69, 9.17) is 5.11 Å². The van der Waals surface area contributed by atoms with Crippen LogP contribution >= 0.6 is 0 Å². The number of carbonyl (C=O) groups is 1. The summed E-state index contributed by atoms with van der Waals surface area (Å²) in [4.78, 5) is 14.7. The molecule has 0 aliphatic carbocycles. The lowest BCUT2D eigenvalue weighted by Gasteiger charge is -2.05. The summed E-state index contributed by atoms with van der Waals surface area (Å²) in [5.74, 6) is -0.416. The highest BCUT2D eigenvalue weighted by Crippen LogP contribution is 2.03. The van der Waals surface area contributed by atoms with Crippen molar-refractivity contribution < 1.29 is 9.90 Å². The van der Waals surface area contributed by atoms with Gasteiger partial charge in [-0.1, -0.05) is 0 Å². The Labute approximate surface area is 70.3 Å². The standard InChI is InChI=1S/C8H10N2O2/c1-6(11)8(12)10-7-2-4-9-5-3-7/h2-6,11H,1H3,(H,9,10,12)/t6-/m1/s1. The molecule has 64 valence electrons. The van der Waals surface area contributed by atoms with Crippen molar-refractivity contribution in [3.05, 3.63) is 24.5 Å². The molecule has 0 fully saturated rings. The van der Waals surface area contributed by atoms with Crippen LogP contribution in [0.4, 0.5) is 5.69 Å². The van der Waals surface area contributed by atoms with E-state index >= 15 is 0 Å². The van der Waals surface area contributed by atoms with Crippen molar-refractivity contribution in [3.8, 4) is 0 Å². The second-order valence-corrected chi connectivity index (χ2v) is 2.40. The molecule has 1 aromatic rings. The number of anilines is 1. The van der Waals surface area contributed by atoms with Gasteiger partial charge >= 0.3 is 0 Å². The summed E-state index contributed by atoms with van der Waals surface area (Å²) in [6.07, 6.45) is 2.15. The van der Waals surface area contributed by atoms with Gasteiger partial charge in [-0.2, -0.15) is 0 Å². The number of pyridine rings is 1. The minimum Gasteiger partial charge on any atom is -0.384 e. The summed E-state index contributed by atoms with van der Waals surface area (Å²) in [7, 11) is 0. The fraction of sp³-hybridized carbons (Fsp3) is 0.250. The maximum Gasteiger partial charge on any atom is 0.252 e. The fourth-order valence-corrected chi connectivity index (χ4v) is 0.682.